The third-order valence-electron chi connectivity index (χ3n) is 9.17. The van der Waals surface area contributed by atoms with E-state index in [9.17, 15) is 38.4 Å². The second-order valence-corrected chi connectivity index (χ2v) is 15.2. The predicted octanol–water partition coefficient (Wildman–Crippen LogP) is 4.48. The fraction of sp³-hybridized carbons (Fsp3) is 0.512. The first-order valence-electron chi connectivity index (χ1n) is 19.0. The summed E-state index contributed by atoms with van der Waals surface area (Å²) in [6.45, 7) is 4.00. The second kappa shape index (κ2) is 24.5. The molecule has 2 aromatic carbocycles. The first-order chi connectivity index (χ1) is 26.9. The number of carbonyl (C=O) groups excluding carboxylic acids is 8. The number of Topliss-reactive ketones (excluding diaryl/α,β-unsaturated/α-hetero) is 1. The Kier molecular flexibility index (Phi) is 19.8. The number of nitrogens with zero attached hydrogens (tertiary/aromatic N) is 1. The molecule has 0 spiro atoms. The van der Waals surface area contributed by atoms with Crippen molar-refractivity contribution >= 4 is 59.5 Å². The van der Waals surface area contributed by atoms with Crippen LogP contribution in [-0.4, -0.2) is 83.5 Å². The van der Waals surface area contributed by atoms with Gasteiger partial charge >= 0.3 is 12.1 Å². The molecule has 1 aliphatic heterocycles. The first kappa shape index (κ1) is 45.3. The molecule has 0 radical (unpaired) electrons. The topological polar surface area (TPSA) is 194 Å². The summed E-state index contributed by atoms with van der Waals surface area (Å²) in [5.41, 5.74) is 1.58. The molecule has 1 saturated heterocycles. The molecule has 304 valence electrons. The number of amides is 5. The molecule has 2 aromatic rings. The maximum atomic E-state index is 13.8. The summed E-state index contributed by atoms with van der Waals surface area (Å²) < 4.78 is 5.26. The number of rotatable bonds is 25. The third kappa shape index (κ3) is 16.0. The maximum absolute atomic E-state index is 13.8. The van der Waals surface area contributed by atoms with Crippen LogP contribution in [0.5, 0.6) is 0 Å². The van der Waals surface area contributed by atoms with E-state index in [1.54, 1.807) is 36.0 Å². The fourth-order valence-corrected chi connectivity index (χ4v) is 6.62. The van der Waals surface area contributed by atoms with E-state index in [2.05, 4.69) is 16.0 Å². The number of ether oxygens (including phenoxy) is 1. The number of benzene rings is 2. The highest BCUT2D eigenvalue weighted by Crippen LogP contribution is 2.19. The lowest BCUT2D eigenvalue weighted by Crippen LogP contribution is -2.46. The van der Waals surface area contributed by atoms with Crippen molar-refractivity contribution < 1.29 is 47.9 Å². The molecule has 4 atom stereocenters. The summed E-state index contributed by atoms with van der Waals surface area (Å²) >= 11 is 1.57. The average Bonchev–Trinajstić information content (AvgIpc) is 3.50. The third-order valence-corrected chi connectivity index (χ3v) is 9.82. The van der Waals surface area contributed by atoms with Gasteiger partial charge in [0.2, 0.25) is 11.8 Å². The van der Waals surface area contributed by atoms with E-state index in [1.807, 2.05) is 56.5 Å². The molecule has 5 amide bonds. The molecule has 1 heterocycles. The molecule has 3 rings (SSSR count). The fourth-order valence-electron chi connectivity index (χ4n) is 6.10. The van der Waals surface area contributed by atoms with E-state index in [0.29, 0.717) is 42.8 Å². The van der Waals surface area contributed by atoms with Crippen LogP contribution in [0.4, 0.5) is 4.79 Å². The van der Waals surface area contributed by atoms with Crippen molar-refractivity contribution in [2.24, 2.45) is 17.8 Å². The van der Waals surface area contributed by atoms with Gasteiger partial charge in [0, 0.05) is 44.1 Å². The van der Waals surface area contributed by atoms with Crippen LogP contribution in [0.25, 0.3) is 0 Å². The monoisotopic (exact) mass is 794 g/mol. The van der Waals surface area contributed by atoms with Gasteiger partial charge in [0.25, 0.3) is 11.8 Å². The largest absolute Gasteiger partial charge is 0.445 e. The zero-order chi connectivity index (χ0) is 40.9. The lowest BCUT2D eigenvalue weighted by molar-refractivity contribution is -0.199. The number of hydroxylamine groups is 2. The average molecular weight is 795 g/mol. The van der Waals surface area contributed by atoms with Crippen LogP contribution < -0.4 is 16.0 Å². The SMILES string of the molecule is CSCC[C@H](CC=O)C(=O)N[C@@H](CC(C)C)C(=O)C[C@@H](Cc1ccccc1)C(=O)NCCCC[C@H](NC(=O)OCc1ccccc1)C(=O)ON1C(=O)CCC1=O. The van der Waals surface area contributed by atoms with Crippen molar-refractivity contribution in [2.45, 2.75) is 96.7 Å². The number of alkyl carbamates (subject to hydrolysis) is 1. The highest BCUT2D eigenvalue weighted by molar-refractivity contribution is 7.98. The van der Waals surface area contributed by atoms with Gasteiger partial charge in [-0.25, -0.2) is 9.59 Å². The van der Waals surface area contributed by atoms with E-state index < -0.39 is 47.8 Å². The minimum Gasteiger partial charge on any atom is -0.445 e. The summed E-state index contributed by atoms with van der Waals surface area (Å²) in [7, 11) is 0. The quantitative estimate of drug-likeness (QED) is 0.0729. The number of hydrogen-bond donors (Lipinski definition) is 3. The van der Waals surface area contributed by atoms with Gasteiger partial charge in [-0.15, -0.1) is 5.06 Å². The maximum Gasteiger partial charge on any atom is 0.408 e. The number of imide groups is 1. The highest BCUT2D eigenvalue weighted by atomic mass is 32.2. The number of hydrogen-bond acceptors (Lipinski definition) is 11. The van der Waals surface area contributed by atoms with Crippen molar-refractivity contribution in [1.82, 2.24) is 21.0 Å². The molecule has 14 nitrogen and oxygen atoms in total. The Balaban J connectivity index is 1.64. The Bertz CT molecular complexity index is 1610. The molecule has 1 aliphatic rings. The van der Waals surface area contributed by atoms with Crippen molar-refractivity contribution in [3.05, 3.63) is 71.8 Å². The van der Waals surface area contributed by atoms with E-state index in [1.165, 1.54) is 0 Å². The summed E-state index contributed by atoms with van der Waals surface area (Å²) in [5.74, 6) is -3.87. The van der Waals surface area contributed by atoms with Gasteiger partial charge in [-0.1, -0.05) is 74.5 Å². The highest BCUT2D eigenvalue weighted by Gasteiger charge is 2.36. The molecule has 15 heteroatoms. The van der Waals surface area contributed by atoms with E-state index in [0.717, 1.165) is 11.1 Å². The second-order valence-electron chi connectivity index (χ2n) is 14.2. The summed E-state index contributed by atoms with van der Waals surface area (Å²) in [6.07, 6.45) is 3.35. The number of ketones is 1. The van der Waals surface area contributed by atoms with Crippen molar-refractivity contribution in [1.29, 1.82) is 0 Å². The van der Waals surface area contributed by atoms with Gasteiger partial charge in [-0.3, -0.25) is 24.0 Å². The summed E-state index contributed by atoms with van der Waals surface area (Å²) in [6, 6.07) is 16.1. The van der Waals surface area contributed by atoms with Crippen LogP contribution in [0.1, 0.15) is 82.8 Å². The Hall–Kier alpha value is -5.05. The Morgan fingerprint density at radius 1 is 0.821 bits per heavy atom. The van der Waals surface area contributed by atoms with Gasteiger partial charge in [0.05, 0.1) is 6.04 Å². The van der Waals surface area contributed by atoms with Crippen LogP contribution in [0.15, 0.2) is 60.7 Å². The lowest BCUT2D eigenvalue weighted by atomic mass is 9.88. The van der Waals surface area contributed by atoms with Crippen LogP contribution in [0.3, 0.4) is 0 Å². The molecule has 0 aromatic heterocycles. The number of nitrogens with one attached hydrogen (secondary N) is 3. The lowest BCUT2D eigenvalue weighted by Gasteiger charge is -2.24. The molecular formula is C41H54N4O10S. The molecule has 3 N–H and O–H groups in total. The zero-order valence-corrected chi connectivity index (χ0v) is 33.2. The molecular weight excluding hydrogens is 741 g/mol. The number of carbonyl (C=O) groups is 8. The van der Waals surface area contributed by atoms with E-state index >= 15 is 0 Å². The van der Waals surface area contributed by atoms with E-state index in [-0.39, 0.29) is 75.2 Å². The van der Waals surface area contributed by atoms with E-state index in [4.69, 9.17) is 9.57 Å². The first-order valence-corrected chi connectivity index (χ1v) is 20.4. The standard InChI is InChI=1S/C41H54N4O10S/c1-28(2)24-34(43-39(51)31(19-22-46)20-23-56-3)35(47)26-32(25-29-12-6-4-7-13-29)38(50)42-21-11-10-16-33(40(52)55-45-36(48)17-18-37(45)49)44-41(53)54-27-30-14-8-5-9-15-30/h4-9,12-15,22,28,31-34H,10-11,16-21,23-27H2,1-3H3,(H,42,50)(H,43,51)(H,44,53)/t31-,32+,33-,34-/m0/s1. The smallest absolute Gasteiger partial charge is 0.408 e. The molecule has 0 bridgehead atoms. The number of unbranched alkanes of at least 4 members (excludes halogenated alkanes) is 1. The number of thioether (sulfide) groups is 1. The minimum absolute atomic E-state index is 0.0376. The van der Waals surface area contributed by atoms with Crippen LogP contribution >= 0.6 is 11.8 Å². The van der Waals surface area contributed by atoms with Crippen LogP contribution in [0, 0.1) is 17.8 Å². The molecule has 56 heavy (non-hydrogen) atoms. The summed E-state index contributed by atoms with van der Waals surface area (Å²) in [4.78, 5) is 107. The zero-order valence-electron chi connectivity index (χ0n) is 32.4. The Morgan fingerprint density at radius 3 is 2.07 bits per heavy atom. The Morgan fingerprint density at radius 2 is 1.46 bits per heavy atom. The Labute approximate surface area is 332 Å². The van der Waals surface area contributed by atoms with Crippen LogP contribution in [0.2, 0.25) is 0 Å². The minimum atomic E-state index is -1.27. The summed E-state index contributed by atoms with van der Waals surface area (Å²) in [5, 5.41) is 8.65. The van der Waals surface area contributed by atoms with Gasteiger partial charge < -0.3 is 30.3 Å². The van der Waals surface area contributed by atoms with Crippen molar-refractivity contribution in [3.63, 3.8) is 0 Å². The molecule has 0 unspecified atom stereocenters. The van der Waals surface area contributed by atoms with Gasteiger partial charge in [0.1, 0.15) is 18.9 Å². The number of aldehydes is 1. The molecule has 0 saturated carbocycles. The van der Waals surface area contributed by atoms with Gasteiger partial charge in [-0.2, -0.15) is 11.8 Å². The predicted molar refractivity (Wildman–Crippen MR) is 209 cm³/mol. The molecule has 0 aliphatic carbocycles. The van der Waals surface area contributed by atoms with Crippen LogP contribution in [-0.2, 0) is 56.2 Å². The molecule has 1 fully saturated rings. The van der Waals surface area contributed by atoms with Crippen molar-refractivity contribution in [3.8, 4) is 0 Å². The normalized spacial score (nSPS) is 14.7. The van der Waals surface area contributed by atoms with Gasteiger partial charge in [-0.05, 0) is 67.6 Å². The van der Waals surface area contributed by atoms with Gasteiger partial charge in [0.15, 0.2) is 5.78 Å². The van der Waals surface area contributed by atoms with Crippen molar-refractivity contribution in [2.75, 3.05) is 18.6 Å².